The third kappa shape index (κ3) is 4.58. The molecule has 0 spiro atoms. The standard InChI is InChI=1S/C24H29F3N6O3/c1-23(2,3)19(31-22(36)24(25,26)27)21(35)33-11-15-12-5-6-13(7-12)17(15)18(33)20(34)30-16(8-28)14-9-29-32(4)10-14/h5-6,9-10,12-13,15-19H,7,11H2,1-4H3,(H,30,34)(H,31,36). The molecule has 1 aromatic rings. The Kier molecular flexibility index (Phi) is 6.39. The first-order valence-electron chi connectivity index (χ1n) is 11.8. The van der Waals surface area contributed by atoms with Crippen LogP contribution in [0, 0.1) is 40.4 Å². The van der Waals surface area contributed by atoms with Gasteiger partial charge in [0.2, 0.25) is 11.8 Å². The van der Waals surface area contributed by atoms with Crippen molar-refractivity contribution in [2.75, 3.05) is 6.54 Å². The van der Waals surface area contributed by atoms with Crippen molar-refractivity contribution in [3.63, 3.8) is 0 Å². The lowest BCUT2D eigenvalue weighted by molar-refractivity contribution is -0.176. The normalized spacial score (nSPS) is 28.4. The molecule has 2 N–H and O–H groups in total. The maximum Gasteiger partial charge on any atom is 0.471 e. The van der Waals surface area contributed by atoms with Crippen LogP contribution in [0.3, 0.4) is 0 Å². The number of aryl methyl sites for hydroxylation is 1. The summed E-state index contributed by atoms with van der Waals surface area (Å²) in [5, 5.41) is 18.2. The van der Waals surface area contributed by atoms with Crippen LogP contribution < -0.4 is 10.6 Å². The first kappa shape index (κ1) is 25.7. The molecule has 9 nitrogen and oxygen atoms in total. The Hall–Kier alpha value is -3.36. The van der Waals surface area contributed by atoms with Gasteiger partial charge in [0.25, 0.3) is 0 Å². The monoisotopic (exact) mass is 506 g/mol. The molecule has 1 saturated carbocycles. The number of fused-ring (bicyclic) bond motifs is 5. The number of aromatic nitrogens is 2. The Labute approximate surface area is 206 Å². The average molecular weight is 507 g/mol. The number of carbonyl (C=O) groups excluding carboxylic acids is 3. The van der Waals surface area contributed by atoms with Gasteiger partial charge in [0, 0.05) is 25.4 Å². The fourth-order valence-electron chi connectivity index (χ4n) is 5.81. The zero-order chi connectivity index (χ0) is 26.6. The summed E-state index contributed by atoms with van der Waals surface area (Å²) in [5.74, 6) is -3.56. The van der Waals surface area contributed by atoms with Crippen LogP contribution in [0.5, 0.6) is 0 Å². The first-order valence-corrected chi connectivity index (χ1v) is 11.8. The molecule has 194 valence electrons. The number of alkyl halides is 3. The SMILES string of the molecule is Cn1cc(C(C#N)NC(=O)C2C3C4C=CC(C4)C3CN2C(=O)C(NC(=O)C(F)(F)F)C(C)(C)C)cn1. The summed E-state index contributed by atoms with van der Waals surface area (Å²) in [4.78, 5) is 40.4. The molecule has 7 unspecified atom stereocenters. The topological polar surface area (TPSA) is 120 Å². The molecule has 4 rings (SSSR count). The van der Waals surface area contributed by atoms with E-state index in [2.05, 4.69) is 16.5 Å². The van der Waals surface area contributed by atoms with Gasteiger partial charge in [-0.25, -0.2) is 0 Å². The van der Waals surface area contributed by atoms with Crippen LogP contribution in [0.25, 0.3) is 0 Å². The number of carbonyl (C=O) groups is 3. The van der Waals surface area contributed by atoms with Gasteiger partial charge in [-0.2, -0.15) is 23.5 Å². The lowest BCUT2D eigenvalue weighted by atomic mass is 9.81. The Balaban J connectivity index is 1.64. The van der Waals surface area contributed by atoms with Crippen molar-refractivity contribution in [2.24, 2.45) is 36.1 Å². The van der Waals surface area contributed by atoms with E-state index in [-0.39, 0.29) is 30.2 Å². The molecule has 3 aliphatic rings. The quantitative estimate of drug-likeness (QED) is 0.591. The Morgan fingerprint density at radius 1 is 1.17 bits per heavy atom. The van der Waals surface area contributed by atoms with Gasteiger partial charge in [-0.3, -0.25) is 19.1 Å². The van der Waals surface area contributed by atoms with Crippen LogP contribution in [0.1, 0.15) is 38.8 Å². The minimum absolute atomic E-state index is 0.0300. The molecular weight excluding hydrogens is 477 g/mol. The summed E-state index contributed by atoms with van der Waals surface area (Å²) in [7, 11) is 1.67. The summed E-state index contributed by atoms with van der Waals surface area (Å²) in [6, 6.07) is -1.47. The summed E-state index contributed by atoms with van der Waals surface area (Å²) in [5.41, 5.74) is -0.586. The van der Waals surface area contributed by atoms with Gasteiger partial charge >= 0.3 is 12.1 Å². The van der Waals surface area contributed by atoms with Gasteiger partial charge in [-0.05, 0) is 35.5 Å². The molecule has 12 heteroatoms. The molecule has 0 radical (unpaired) electrons. The number of nitrogens with zero attached hydrogens (tertiary/aromatic N) is 4. The highest BCUT2D eigenvalue weighted by Gasteiger charge is 2.59. The van der Waals surface area contributed by atoms with Crippen molar-refractivity contribution in [2.45, 2.75) is 51.5 Å². The van der Waals surface area contributed by atoms with Gasteiger partial charge in [0.05, 0.1) is 12.3 Å². The van der Waals surface area contributed by atoms with Gasteiger partial charge in [-0.15, -0.1) is 0 Å². The summed E-state index contributed by atoms with van der Waals surface area (Å²) < 4.78 is 40.6. The van der Waals surface area contributed by atoms with E-state index in [1.165, 1.54) is 15.8 Å². The molecule has 2 bridgehead atoms. The number of nitrogens with one attached hydrogen (secondary N) is 2. The van der Waals surface area contributed by atoms with Crippen molar-refractivity contribution >= 4 is 17.7 Å². The third-order valence-electron chi connectivity index (χ3n) is 7.47. The maximum atomic E-state index is 13.7. The summed E-state index contributed by atoms with van der Waals surface area (Å²) >= 11 is 0. The lowest BCUT2D eigenvalue weighted by Gasteiger charge is -2.37. The van der Waals surface area contributed by atoms with E-state index in [0.717, 1.165) is 6.42 Å². The number of hydrogen-bond donors (Lipinski definition) is 2. The molecule has 1 saturated heterocycles. The number of allylic oxidation sites excluding steroid dienone is 2. The van der Waals surface area contributed by atoms with Crippen LogP contribution in [0.15, 0.2) is 24.5 Å². The smallest absolute Gasteiger partial charge is 0.336 e. The fraction of sp³-hybridized carbons (Fsp3) is 0.625. The number of nitriles is 1. The number of hydrogen-bond acceptors (Lipinski definition) is 5. The Morgan fingerprint density at radius 2 is 1.83 bits per heavy atom. The first-order chi connectivity index (χ1) is 16.7. The van der Waals surface area contributed by atoms with Crippen molar-refractivity contribution in [1.29, 1.82) is 5.26 Å². The molecule has 2 fully saturated rings. The van der Waals surface area contributed by atoms with Gasteiger partial charge in [0.15, 0.2) is 0 Å². The number of rotatable bonds is 5. The van der Waals surface area contributed by atoms with E-state index in [1.54, 1.807) is 34.0 Å². The number of likely N-dealkylation sites (tertiary alicyclic amines) is 1. The van der Waals surface area contributed by atoms with Crippen molar-refractivity contribution in [3.05, 3.63) is 30.1 Å². The van der Waals surface area contributed by atoms with Crippen LogP contribution in [-0.4, -0.2) is 57.2 Å². The second-order valence-electron chi connectivity index (χ2n) is 10.9. The van der Waals surface area contributed by atoms with E-state index in [4.69, 9.17) is 0 Å². The second-order valence-corrected chi connectivity index (χ2v) is 10.9. The summed E-state index contributed by atoms with van der Waals surface area (Å²) in [6.45, 7) is 4.85. The van der Waals surface area contributed by atoms with Crippen LogP contribution in [-0.2, 0) is 21.4 Å². The van der Waals surface area contributed by atoms with Crippen molar-refractivity contribution in [1.82, 2.24) is 25.3 Å². The van der Waals surface area contributed by atoms with Gasteiger partial charge in [-0.1, -0.05) is 32.9 Å². The van der Waals surface area contributed by atoms with E-state index in [0.29, 0.717) is 5.56 Å². The molecular formula is C24H29F3N6O3. The predicted octanol–water partition coefficient (Wildman–Crippen LogP) is 1.84. The average Bonchev–Trinajstić information content (AvgIpc) is 3.55. The second kappa shape index (κ2) is 8.94. The molecule has 36 heavy (non-hydrogen) atoms. The van der Waals surface area contributed by atoms with Crippen LogP contribution in [0.4, 0.5) is 13.2 Å². The van der Waals surface area contributed by atoms with E-state index in [9.17, 15) is 32.8 Å². The largest absolute Gasteiger partial charge is 0.471 e. The number of amides is 3. The van der Waals surface area contributed by atoms with Gasteiger partial charge < -0.3 is 15.5 Å². The summed E-state index contributed by atoms with van der Waals surface area (Å²) in [6.07, 6.45) is 2.83. The number of halogens is 3. The molecule has 3 amide bonds. The molecule has 2 aliphatic carbocycles. The highest BCUT2D eigenvalue weighted by atomic mass is 19.4. The highest BCUT2D eigenvalue weighted by Crippen LogP contribution is 2.54. The van der Waals surface area contributed by atoms with E-state index >= 15 is 0 Å². The Morgan fingerprint density at radius 3 is 2.39 bits per heavy atom. The molecule has 1 aromatic heterocycles. The maximum absolute atomic E-state index is 13.7. The van der Waals surface area contributed by atoms with Crippen molar-refractivity contribution in [3.8, 4) is 6.07 Å². The highest BCUT2D eigenvalue weighted by molar-refractivity contribution is 5.94. The van der Waals surface area contributed by atoms with Crippen LogP contribution in [0.2, 0.25) is 0 Å². The minimum atomic E-state index is -5.16. The molecule has 0 aromatic carbocycles. The van der Waals surface area contributed by atoms with Crippen LogP contribution >= 0.6 is 0 Å². The fourth-order valence-corrected chi connectivity index (χ4v) is 5.81. The van der Waals surface area contributed by atoms with Gasteiger partial charge in [0.1, 0.15) is 18.1 Å². The minimum Gasteiger partial charge on any atom is -0.336 e. The zero-order valence-corrected chi connectivity index (χ0v) is 20.4. The van der Waals surface area contributed by atoms with E-state index in [1.807, 2.05) is 17.5 Å². The zero-order valence-electron chi connectivity index (χ0n) is 20.4. The molecule has 7 atom stereocenters. The molecule has 2 heterocycles. The Bertz CT molecular complexity index is 1130. The predicted molar refractivity (Wildman–Crippen MR) is 120 cm³/mol. The lowest BCUT2D eigenvalue weighted by Crippen LogP contribution is -2.60. The van der Waals surface area contributed by atoms with Crippen molar-refractivity contribution < 1.29 is 27.6 Å². The molecule has 1 aliphatic heterocycles. The van der Waals surface area contributed by atoms with E-state index < -0.39 is 47.4 Å². The third-order valence-corrected chi connectivity index (χ3v) is 7.47.